The molecule has 1 amide bonds. The number of rotatable bonds is 7. The highest BCUT2D eigenvalue weighted by molar-refractivity contribution is 8.00. The lowest BCUT2D eigenvalue weighted by Gasteiger charge is -2.46. The van der Waals surface area contributed by atoms with E-state index < -0.39 is 31.1 Å². The number of aromatic nitrogens is 2. The van der Waals surface area contributed by atoms with Gasteiger partial charge in [-0.1, -0.05) is 18.2 Å². The summed E-state index contributed by atoms with van der Waals surface area (Å²) in [5, 5.41) is 0. The second kappa shape index (κ2) is 13.8. The minimum atomic E-state index is -0.667. The molecular formula is C26H26B10FN5O2. The van der Waals surface area contributed by atoms with Crippen LogP contribution in [0.2, 0.25) is 0 Å². The van der Waals surface area contributed by atoms with Gasteiger partial charge < -0.3 is 14.2 Å². The Labute approximate surface area is 268 Å². The normalized spacial score (nSPS) is 18.2. The Bertz CT molecular complexity index is 1530. The van der Waals surface area contributed by atoms with E-state index in [1.165, 1.54) is 12.1 Å². The Kier molecular flexibility index (Phi) is 10.5. The fourth-order valence-corrected chi connectivity index (χ4v) is 5.36. The number of halogens is 1. The van der Waals surface area contributed by atoms with Crippen LogP contribution in [0.3, 0.4) is 0 Å². The Hall–Kier alpha value is -3.29. The SMILES string of the molecule is COc1cc(/C=C2\N=C3N(C)CCC(C)(c4ccc(F)cc4)N3C2=O)ccc1-n1cnc(C)c1.[B]B([B])B(B([B])[B])B([B])[B]. The average Bonchev–Trinajstić information content (AvgIpc) is 3.54. The third-order valence-corrected chi connectivity index (χ3v) is 7.91. The van der Waals surface area contributed by atoms with Crippen LogP contribution >= 0.6 is 0 Å². The minimum absolute atomic E-state index is 0.179. The number of aliphatic imine (C=N–C) groups is 1. The summed E-state index contributed by atoms with van der Waals surface area (Å²) in [6, 6.07) is 12.1. The zero-order chi connectivity index (χ0) is 32.3. The van der Waals surface area contributed by atoms with Gasteiger partial charge in [0.1, 0.15) is 17.3 Å². The van der Waals surface area contributed by atoms with Crippen molar-refractivity contribution in [3.05, 3.63) is 83.3 Å². The lowest BCUT2D eigenvalue weighted by atomic mass is 8.58. The van der Waals surface area contributed by atoms with E-state index in [1.807, 2.05) is 54.8 Å². The van der Waals surface area contributed by atoms with Crippen molar-refractivity contribution in [1.82, 2.24) is 19.4 Å². The third-order valence-electron chi connectivity index (χ3n) is 7.91. The van der Waals surface area contributed by atoms with Crippen LogP contribution in [0.25, 0.3) is 11.8 Å². The largest absolute Gasteiger partial charge is 0.495 e. The van der Waals surface area contributed by atoms with E-state index in [2.05, 4.69) is 4.98 Å². The quantitative estimate of drug-likeness (QED) is 0.305. The zero-order valence-corrected chi connectivity index (χ0v) is 25.4. The molecule has 0 saturated carbocycles. The van der Waals surface area contributed by atoms with Crippen LogP contribution in [-0.4, -0.2) is 124 Å². The molecule has 3 aromatic rings. The molecule has 0 N–H and O–H groups in total. The summed E-state index contributed by atoms with van der Waals surface area (Å²) < 4.78 is 21.1. The second-order valence-electron chi connectivity index (χ2n) is 11.2. The number of fused-ring (bicyclic) bond motifs is 1. The monoisotopic (exact) mass is 569 g/mol. The van der Waals surface area contributed by atoms with E-state index in [4.69, 9.17) is 56.2 Å². The summed E-state index contributed by atoms with van der Waals surface area (Å²) in [5.74, 6) is 0.787. The number of hydrogen-bond acceptors (Lipinski definition) is 5. The van der Waals surface area contributed by atoms with Gasteiger partial charge in [-0.3, -0.25) is 9.69 Å². The molecule has 5 rings (SSSR count). The molecule has 1 atom stereocenters. The first-order chi connectivity index (χ1) is 20.8. The van der Waals surface area contributed by atoms with Gasteiger partial charge in [-0.05, 0) is 61.7 Å². The number of imidazole rings is 1. The molecular weight excluding hydrogens is 541 g/mol. The first-order valence-corrected chi connectivity index (χ1v) is 14.1. The number of ether oxygens (including phenoxy) is 1. The summed E-state index contributed by atoms with van der Waals surface area (Å²) in [4.78, 5) is 26.3. The van der Waals surface area contributed by atoms with Crippen LogP contribution in [0, 0.1) is 12.7 Å². The predicted octanol–water partition coefficient (Wildman–Crippen LogP) is 0.310. The smallest absolute Gasteiger partial charge is 0.280 e. The molecule has 1 saturated heterocycles. The summed E-state index contributed by atoms with van der Waals surface area (Å²) in [5.41, 5.74) is 3.18. The highest BCUT2D eigenvalue weighted by Crippen LogP contribution is 2.40. The number of benzene rings is 2. The van der Waals surface area contributed by atoms with Crippen molar-refractivity contribution in [2.45, 2.75) is 25.8 Å². The Balaban J connectivity index is 0.000000382. The van der Waals surface area contributed by atoms with E-state index >= 15 is 0 Å². The molecule has 1 fully saturated rings. The van der Waals surface area contributed by atoms with Gasteiger partial charge in [0.05, 0.1) is 30.4 Å². The van der Waals surface area contributed by atoms with Gasteiger partial charge in [-0.2, -0.15) is 0 Å². The van der Waals surface area contributed by atoms with Gasteiger partial charge in [-0.15, -0.1) is 0 Å². The topological polar surface area (TPSA) is 63.0 Å². The maximum Gasteiger partial charge on any atom is 0.280 e. The maximum absolute atomic E-state index is 13.6. The van der Waals surface area contributed by atoms with Crippen molar-refractivity contribution >= 4 is 89.9 Å². The number of carbonyl (C=O) groups is 1. The van der Waals surface area contributed by atoms with Crippen molar-refractivity contribution in [1.29, 1.82) is 0 Å². The average molecular weight is 568 g/mol. The van der Waals surface area contributed by atoms with E-state index in [0.717, 1.165) is 29.1 Å². The number of hydrogen-bond donors (Lipinski definition) is 0. The standard InChI is InChI=1S/C26H26FN5O2.B10/c1-17-15-31(16-28-17)22-10-5-18(14-23(22)34-4)13-21-24(33)32-25(29-21)30(3)12-11-26(32,2)19-6-8-20(27)9-7-19;1-7(2)10(8(3)4)9(5)6/h5-10,13-16H,11-12H2,1-4H3;/b21-13-;. The van der Waals surface area contributed by atoms with Gasteiger partial charge in [0.25, 0.3) is 5.91 Å². The van der Waals surface area contributed by atoms with Crippen LogP contribution < -0.4 is 4.74 Å². The van der Waals surface area contributed by atoms with Crippen LogP contribution in [-0.2, 0) is 10.3 Å². The molecule has 1 aromatic heterocycles. The van der Waals surface area contributed by atoms with Crippen LogP contribution in [0.5, 0.6) is 5.75 Å². The Morgan fingerprint density at radius 2 is 1.66 bits per heavy atom. The van der Waals surface area contributed by atoms with Gasteiger partial charge in [-0.25, -0.2) is 14.4 Å². The first kappa shape index (κ1) is 33.6. The summed E-state index contributed by atoms with van der Waals surface area (Å²) >= 11 is 0. The fourth-order valence-electron chi connectivity index (χ4n) is 5.36. The van der Waals surface area contributed by atoms with Crippen LogP contribution in [0.15, 0.2) is 65.7 Å². The first-order valence-electron chi connectivity index (χ1n) is 14.1. The molecule has 0 aliphatic carbocycles. The van der Waals surface area contributed by atoms with Gasteiger partial charge in [0.15, 0.2) is 0 Å². The Morgan fingerprint density at radius 1 is 1.02 bits per heavy atom. The number of aryl methyl sites for hydroxylation is 1. The van der Waals surface area contributed by atoms with Crippen molar-refractivity contribution in [3.63, 3.8) is 0 Å². The fraction of sp³-hybridized carbons (Fsp3) is 0.269. The summed E-state index contributed by atoms with van der Waals surface area (Å²) in [7, 11) is 35.3. The third kappa shape index (κ3) is 6.99. The maximum atomic E-state index is 13.6. The zero-order valence-electron chi connectivity index (χ0n) is 25.4. The molecule has 18 heteroatoms. The molecule has 3 heterocycles. The van der Waals surface area contributed by atoms with E-state index in [1.54, 1.807) is 36.5 Å². The predicted molar refractivity (Wildman–Crippen MR) is 186 cm³/mol. The van der Waals surface area contributed by atoms with Gasteiger partial charge in [0, 0.05) is 91.8 Å². The molecule has 1 unspecified atom stereocenters. The lowest BCUT2D eigenvalue weighted by Crippen LogP contribution is -2.62. The van der Waals surface area contributed by atoms with Gasteiger partial charge in [0.2, 0.25) is 5.96 Å². The van der Waals surface area contributed by atoms with Gasteiger partial charge >= 0.3 is 0 Å². The molecule has 204 valence electrons. The van der Waals surface area contributed by atoms with Crippen LogP contribution in [0.1, 0.15) is 30.2 Å². The van der Waals surface area contributed by atoms with Crippen molar-refractivity contribution in [2.75, 3.05) is 20.7 Å². The second-order valence-corrected chi connectivity index (χ2v) is 11.2. The molecule has 12 radical (unpaired) electrons. The number of methoxy groups -OCH3 is 1. The molecule has 7 nitrogen and oxygen atoms in total. The number of amides is 1. The molecule has 2 aromatic carbocycles. The molecule has 2 aliphatic heterocycles. The van der Waals surface area contributed by atoms with Crippen molar-refractivity contribution in [3.8, 4) is 11.4 Å². The highest BCUT2D eigenvalue weighted by atomic mass is 19.1. The van der Waals surface area contributed by atoms with Crippen LogP contribution in [0.4, 0.5) is 4.39 Å². The molecule has 0 spiro atoms. The number of carbonyl (C=O) groups excluding carboxylic acids is 1. The summed E-state index contributed by atoms with van der Waals surface area (Å²) in [6.45, 7) is 4.67. The van der Waals surface area contributed by atoms with E-state index in [0.29, 0.717) is 23.8 Å². The summed E-state index contributed by atoms with van der Waals surface area (Å²) in [6.07, 6.45) is 3.70. The number of guanidine groups is 1. The lowest BCUT2D eigenvalue weighted by molar-refractivity contribution is -0.128. The van der Waals surface area contributed by atoms with Crippen molar-refractivity contribution in [2.24, 2.45) is 4.99 Å². The number of nitrogens with zero attached hydrogens (tertiary/aromatic N) is 5. The van der Waals surface area contributed by atoms with E-state index in [9.17, 15) is 9.18 Å². The minimum Gasteiger partial charge on any atom is -0.495 e. The highest BCUT2D eigenvalue weighted by Gasteiger charge is 2.48. The Morgan fingerprint density at radius 3 is 2.18 bits per heavy atom. The van der Waals surface area contributed by atoms with Crippen molar-refractivity contribution < 1.29 is 13.9 Å². The van der Waals surface area contributed by atoms with E-state index in [-0.39, 0.29) is 11.7 Å². The molecule has 44 heavy (non-hydrogen) atoms. The molecule has 0 bridgehead atoms. The molecule has 2 aliphatic rings.